The van der Waals surface area contributed by atoms with Crippen molar-refractivity contribution < 1.29 is 13.2 Å². The Morgan fingerprint density at radius 2 is 1.79 bits per heavy atom. The molecule has 1 aliphatic heterocycles. The lowest BCUT2D eigenvalue weighted by Gasteiger charge is -2.34. The van der Waals surface area contributed by atoms with Gasteiger partial charge in [-0.2, -0.15) is 0 Å². The number of piperazine rings is 1. The molecule has 0 radical (unpaired) electrons. The van der Waals surface area contributed by atoms with Crippen molar-refractivity contribution in [2.24, 2.45) is 0 Å². The van der Waals surface area contributed by atoms with E-state index in [0.29, 0.717) is 26.2 Å². The van der Waals surface area contributed by atoms with Crippen LogP contribution in [0, 0.1) is 6.92 Å². The van der Waals surface area contributed by atoms with Gasteiger partial charge in [-0.25, -0.2) is 13.4 Å². The lowest BCUT2D eigenvalue weighted by atomic mass is 10.2. The maximum atomic E-state index is 13.0. The average molecular weight is 430 g/mol. The summed E-state index contributed by atoms with van der Waals surface area (Å²) in [6, 6.07) is 12.7. The first-order valence-corrected chi connectivity index (χ1v) is 12.1. The minimum Gasteiger partial charge on any atom is -0.345 e. The molecule has 0 atom stereocenters. The van der Waals surface area contributed by atoms with Crippen LogP contribution in [0.15, 0.2) is 47.4 Å². The molecule has 1 aromatic heterocycles. The highest BCUT2D eigenvalue weighted by atomic mass is 32.2. The van der Waals surface area contributed by atoms with E-state index in [4.69, 9.17) is 4.98 Å². The van der Waals surface area contributed by atoms with Crippen LogP contribution in [0.4, 0.5) is 5.13 Å². The number of sulfone groups is 1. The Morgan fingerprint density at radius 3 is 2.48 bits per heavy atom. The van der Waals surface area contributed by atoms with E-state index in [1.54, 1.807) is 41.4 Å². The molecule has 1 amide bonds. The average Bonchev–Trinajstić information content (AvgIpc) is 3.19. The van der Waals surface area contributed by atoms with Crippen LogP contribution in [-0.4, -0.2) is 56.1 Å². The molecule has 2 heterocycles. The molecule has 6 nitrogen and oxygen atoms in total. The second kappa shape index (κ2) is 7.76. The predicted octanol–water partition coefficient (Wildman–Crippen LogP) is 3.36. The van der Waals surface area contributed by atoms with Gasteiger partial charge in [0.2, 0.25) is 0 Å². The van der Waals surface area contributed by atoms with Gasteiger partial charge >= 0.3 is 0 Å². The number of anilines is 1. The number of nitrogens with zero attached hydrogens (tertiary/aromatic N) is 3. The van der Waals surface area contributed by atoms with Gasteiger partial charge in [-0.3, -0.25) is 4.79 Å². The van der Waals surface area contributed by atoms with Gasteiger partial charge < -0.3 is 9.80 Å². The van der Waals surface area contributed by atoms with E-state index in [2.05, 4.69) is 24.0 Å². The van der Waals surface area contributed by atoms with Gasteiger partial charge in [-0.15, -0.1) is 0 Å². The van der Waals surface area contributed by atoms with Crippen molar-refractivity contribution in [1.82, 2.24) is 9.88 Å². The molecule has 1 aliphatic rings. The number of carbonyl (C=O) groups excluding carboxylic acids is 1. The third-order valence-electron chi connectivity index (χ3n) is 5.28. The van der Waals surface area contributed by atoms with Crippen LogP contribution < -0.4 is 4.90 Å². The van der Waals surface area contributed by atoms with E-state index in [1.807, 2.05) is 6.07 Å². The topological polar surface area (TPSA) is 70.6 Å². The maximum absolute atomic E-state index is 13.0. The van der Waals surface area contributed by atoms with Gasteiger partial charge in [0, 0.05) is 26.2 Å². The number of rotatable bonds is 4. The van der Waals surface area contributed by atoms with Crippen molar-refractivity contribution in [3.8, 4) is 0 Å². The summed E-state index contributed by atoms with van der Waals surface area (Å²) in [7, 11) is -3.45. The molecular formula is C21H23N3O3S2. The number of aromatic nitrogens is 1. The van der Waals surface area contributed by atoms with Crippen LogP contribution in [0.2, 0.25) is 0 Å². The van der Waals surface area contributed by atoms with Gasteiger partial charge in [0.05, 0.1) is 26.4 Å². The van der Waals surface area contributed by atoms with E-state index in [-0.39, 0.29) is 22.1 Å². The quantitative estimate of drug-likeness (QED) is 0.636. The van der Waals surface area contributed by atoms with Crippen molar-refractivity contribution in [3.63, 3.8) is 0 Å². The Balaban J connectivity index is 1.51. The molecule has 4 rings (SSSR count). The number of benzene rings is 2. The monoisotopic (exact) mass is 429 g/mol. The first-order valence-electron chi connectivity index (χ1n) is 9.63. The molecule has 29 heavy (non-hydrogen) atoms. The zero-order valence-corrected chi connectivity index (χ0v) is 18.1. The SMILES string of the molecule is CCS(=O)(=O)c1ccccc1C(=O)N1CCN(c2nc3c(C)cccc3s2)CC1. The molecule has 0 unspecified atom stereocenters. The maximum Gasteiger partial charge on any atom is 0.255 e. The highest BCUT2D eigenvalue weighted by molar-refractivity contribution is 7.91. The normalized spacial score (nSPS) is 15.1. The first-order chi connectivity index (χ1) is 13.9. The van der Waals surface area contributed by atoms with Crippen molar-refractivity contribution in [1.29, 1.82) is 0 Å². The van der Waals surface area contributed by atoms with E-state index < -0.39 is 9.84 Å². The van der Waals surface area contributed by atoms with E-state index in [0.717, 1.165) is 20.9 Å². The predicted molar refractivity (Wildman–Crippen MR) is 117 cm³/mol. The fourth-order valence-corrected chi connectivity index (χ4v) is 5.73. The van der Waals surface area contributed by atoms with Gasteiger partial charge in [-0.05, 0) is 30.7 Å². The Labute approximate surface area is 174 Å². The largest absolute Gasteiger partial charge is 0.345 e. The molecule has 0 spiro atoms. The summed E-state index contributed by atoms with van der Waals surface area (Å²) < 4.78 is 25.9. The second-order valence-corrected chi connectivity index (χ2v) is 10.4. The number of hydrogen-bond donors (Lipinski definition) is 0. The van der Waals surface area contributed by atoms with E-state index in [9.17, 15) is 13.2 Å². The van der Waals surface area contributed by atoms with E-state index >= 15 is 0 Å². The summed E-state index contributed by atoms with van der Waals surface area (Å²) in [6.45, 7) is 6.07. The summed E-state index contributed by atoms with van der Waals surface area (Å²) >= 11 is 1.66. The molecule has 0 aliphatic carbocycles. The Kier molecular flexibility index (Phi) is 5.31. The molecule has 0 saturated carbocycles. The molecular weight excluding hydrogens is 406 g/mol. The standard InChI is InChI=1S/C21H23N3O3S2/c1-3-29(26,27)18-10-5-4-8-16(18)20(25)23-11-13-24(14-12-23)21-22-19-15(2)7-6-9-17(19)28-21/h4-10H,3,11-14H2,1-2H3. The Bertz CT molecular complexity index is 1160. The van der Waals surface area contributed by atoms with Crippen LogP contribution in [0.1, 0.15) is 22.8 Å². The summed E-state index contributed by atoms with van der Waals surface area (Å²) in [6.07, 6.45) is 0. The highest BCUT2D eigenvalue weighted by Crippen LogP contribution is 2.31. The van der Waals surface area contributed by atoms with Crippen LogP contribution >= 0.6 is 11.3 Å². The molecule has 1 fully saturated rings. The number of thiazole rings is 1. The van der Waals surface area contributed by atoms with Gasteiger partial charge in [0.1, 0.15) is 0 Å². The molecule has 3 aromatic rings. The number of fused-ring (bicyclic) bond motifs is 1. The summed E-state index contributed by atoms with van der Waals surface area (Å²) in [4.78, 5) is 21.9. The highest BCUT2D eigenvalue weighted by Gasteiger charge is 2.28. The molecule has 0 bridgehead atoms. The zero-order chi connectivity index (χ0) is 20.6. The van der Waals surface area contributed by atoms with Crippen LogP contribution in [0.5, 0.6) is 0 Å². The van der Waals surface area contributed by atoms with Gasteiger partial charge in [0.25, 0.3) is 5.91 Å². The third-order valence-corrected chi connectivity index (χ3v) is 8.15. The van der Waals surface area contributed by atoms with Crippen molar-refractivity contribution in [2.45, 2.75) is 18.7 Å². The Morgan fingerprint density at radius 1 is 1.07 bits per heavy atom. The molecule has 152 valence electrons. The molecule has 0 N–H and O–H groups in total. The number of amides is 1. The van der Waals surface area contributed by atoms with Crippen molar-refractivity contribution >= 4 is 42.4 Å². The Hall–Kier alpha value is -2.45. The van der Waals surface area contributed by atoms with Crippen LogP contribution in [0.25, 0.3) is 10.2 Å². The van der Waals surface area contributed by atoms with Crippen LogP contribution in [-0.2, 0) is 9.84 Å². The van der Waals surface area contributed by atoms with Crippen molar-refractivity contribution in [2.75, 3.05) is 36.8 Å². The van der Waals surface area contributed by atoms with Crippen molar-refractivity contribution in [3.05, 3.63) is 53.6 Å². The summed E-state index contributed by atoms with van der Waals surface area (Å²) in [5, 5.41) is 0.968. The zero-order valence-electron chi connectivity index (χ0n) is 16.5. The molecule has 8 heteroatoms. The second-order valence-electron chi connectivity index (χ2n) is 7.10. The summed E-state index contributed by atoms with van der Waals surface area (Å²) in [5.41, 5.74) is 2.45. The summed E-state index contributed by atoms with van der Waals surface area (Å²) in [5.74, 6) is -0.250. The number of aryl methyl sites for hydroxylation is 1. The number of para-hydroxylation sites is 1. The lowest BCUT2D eigenvalue weighted by molar-refractivity contribution is 0.0743. The minimum atomic E-state index is -3.45. The fourth-order valence-electron chi connectivity index (χ4n) is 3.55. The minimum absolute atomic E-state index is 0.0257. The van der Waals surface area contributed by atoms with Gasteiger partial charge in [0.15, 0.2) is 15.0 Å². The third kappa shape index (κ3) is 3.74. The fraction of sp³-hybridized carbons (Fsp3) is 0.333. The molecule has 1 saturated heterocycles. The number of carbonyl (C=O) groups is 1. The molecule has 2 aromatic carbocycles. The first kappa shape index (κ1) is 19.8. The van der Waals surface area contributed by atoms with Gasteiger partial charge in [-0.1, -0.05) is 42.5 Å². The van der Waals surface area contributed by atoms with E-state index in [1.165, 1.54) is 6.07 Å². The smallest absolute Gasteiger partial charge is 0.255 e. The van der Waals surface area contributed by atoms with Crippen LogP contribution in [0.3, 0.4) is 0 Å². The number of hydrogen-bond acceptors (Lipinski definition) is 6. The lowest BCUT2D eigenvalue weighted by Crippen LogP contribution is -2.49.